The number of carbonyl (C=O) groups excluding carboxylic acids is 1. The highest BCUT2D eigenvalue weighted by molar-refractivity contribution is 6.31. The van der Waals surface area contributed by atoms with E-state index in [0.29, 0.717) is 11.8 Å². The van der Waals surface area contributed by atoms with Crippen LogP contribution in [0.2, 0.25) is 5.02 Å². The SMILES string of the molecule is CC.CN(C(=O)[C@H]1NC[C@@H]2CCCC21)c1cccc(Cl)c1F. The van der Waals surface area contributed by atoms with Crippen molar-refractivity contribution in [3.63, 3.8) is 0 Å². The molecule has 3 nitrogen and oxygen atoms in total. The van der Waals surface area contributed by atoms with Crippen molar-refractivity contribution < 1.29 is 9.18 Å². The average Bonchev–Trinajstić information content (AvgIpc) is 3.14. The molecular formula is C17H24ClFN2O. The molecule has 1 heterocycles. The van der Waals surface area contributed by atoms with Crippen LogP contribution in [0.15, 0.2) is 18.2 Å². The minimum Gasteiger partial charge on any atom is -0.311 e. The molecule has 1 aliphatic carbocycles. The summed E-state index contributed by atoms with van der Waals surface area (Å²) in [4.78, 5) is 14.0. The highest BCUT2D eigenvalue weighted by Gasteiger charge is 2.43. The Morgan fingerprint density at radius 2 is 2.09 bits per heavy atom. The van der Waals surface area contributed by atoms with Crippen molar-refractivity contribution in [3.8, 4) is 0 Å². The summed E-state index contributed by atoms with van der Waals surface area (Å²) in [5.74, 6) is 0.389. The van der Waals surface area contributed by atoms with Crippen molar-refractivity contribution in [2.24, 2.45) is 11.8 Å². The number of hydrogen-bond acceptors (Lipinski definition) is 2. The number of benzene rings is 1. The van der Waals surface area contributed by atoms with E-state index in [1.165, 1.54) is 23.8 Å². The Hall–Kier alpha value is -1.13. The first-order chi connectivity index (χ1) is 10.6. The van der Waals surface area contributed by atoms with Crippen LogP contribution in [0.5, 0.6) is 0 Å². The zero-order chi connectivity index (χ0) is 16.3. The standard InChI is InChI=1S/C15H18ClFN2O.C2H6/c1-19(12-7-3-6-11(16)13(12)17)15(20)14-10-5-2-4-9(10)8-18-14;1-2/h3,6-7,9-10,14,18H,2,4-5,8H2,1H3;1-2H3/t9-,10?,14-;/m0./s1. The highest BCUT2D eigenvalue weighted by Crippen LogP contribution is 2.38. The summed E-state index contributed by atoms with van der Waals surface area (Å²) >= 11 is 5.78. The molecule has 2 fully saturated rings. The highest BCUT2D eigenvalue weighted by atomic mass is 35.5. The monoisotopic (exact) mass is 326 g/mol. The lowest BCUT2D eigenvalue weighted by Gasteiger charge is -2.25. The Kier molecular flexibility index (Phi) is 5.81. The summed E-state index contributed by atoms with van der Waals surface area (Å²) in [5.41, 5.74) is 0.241. The predicted octanol–water partition coefficient (Wildman–Crippen LogP) is 3.86. The van der Waals surface area contributed by atoms with E-state index in [0.717, 1.165) is 13.0 Å². The van der Waals surface area contributed by atoms with Gasteiger partial charge in [0.15, 0.2) is 5.82 Å². The van der Waals surface area contributed by atoms with Crippen LogP contribution in [0.4, 0.5) is 10.1 Å². The molecule has 1 saturated heterocycles. The van der Waals surface area contributed by atoms with Crippen LogP contribution in [0.1, 0.15) is 33.1 Å². The Morgan fingerprint density at radius 3 is 2.82 bits per heavy atom. The van der Waals surface area contributed by atoms with Gasteiger partial charge in [0, 0.05) is 7.05 Å². The zero-order valence-corrected chi connectivity index (χ0v) is 14.2. The summed E-state index contributed by atoms with van der Waals surface area (Å²) < 4.78 is 14.0. The van der Waals surface area contributed by atoms with Gasteiger partial charge in [-0.05, 0) is 43.4 Å². The van der Waals surface area contributed by atoms with Gasteiger partial charge >= 0.3 is 0 Å². The molecule has 1 amide bonds. The van der Waals surface area contributed by atoms with E-state index in [9.17, 15) is 9.18 Å². The van der Waals surface area contributed by atoms with Crippen LogP contribution < -0.4 is 10.2 Å². The molecule has 122 valence electrons. The van der Waals surface area contributed by atoms with Gasteiger partial charge in [0.25, 0.3) is 0 Å². The van der Waals surface area contributed by atoms with Crippen molar-refractivity contribution >= 4 is 23.2 Å². The van der Waals surface area contributed by atoms with E-state index in [-0.39, 0.29) is 22.7 Å². The number of nitrogens with one attached hydrogen (secondary N) is 1. The first kappa shape index (κ1) is 17.2. The minimum absolute atomic E-state index is 0.0419. The van der Waals surface area contributed by atoms with Crippen LogP contribution in [0, 0.1) is 17.7 Å². The number of anilines is 1. The number of fused-ring (bicyclic) bond motifs is 1. The van der Waals surface area contributed by atoms with Crippen molar-refractivity contribution in [2.75, 3.05) is 18.5 Å². The van der Waals surface area contributed by atoms with E-state index in [4.69, 9.17) is 11.6 Å². The average molecular weight is 327 g/mol. The number of rotatable bonds is 2. The van der Waals surface area contributed by atoms with Crippen LogP contribution in [-0.4, -0.2) is 25.5 Å². The molecule has 1 aliphatic heterocycles. The van der Waals surface area contributed by atoms with Gasteiger partial charge in [-0.2, -0.15) is 0 Å². The smallest absolute Gasteiger partial charge is 0.244 e. The quantitative estimate of drug-likeness (QED) is 0.895. The van der Waals surface area contributed by atoms with Crippen LogP contribution in [0.25, 0.3) is 0 Å². The third kappa shape index (κ3) is 3.13. The zero-order valence-electron chi connectivity index (χ0n) is 13.4. The number of nitrogens with zero attached hydrogens (tertiary/aromatic N) is 1. The normalized spacial score (nSPS) is 26.1. The molecule has 0 radical (unpaired) electrons. The Morgan fingerprint density at radius 1 is 1.36 bits per heavy atom. The number of carbonyl (C=O) groups is 1. The maximum atomic E-state index is 14.0. The Labute approximate surface area is 136 Å². The Bertz CT molecular complexity index is 537. The summed E-state index contributed by atoms with van der Waals surface area (Å²) in [5, 5.41) is 3.34. The predicted molar refractivity (Wildman–Crippen MR) is 88.8 cm³/mol. The molecule has 0 aromatic heterocycles. The number of likely N-dealkylation sites (N-methyl/N-ethyl adjacent to an activating group) is 1. The maximum absolute atomic E-state index is 14.0. The fraction of sp³-hybridized carbons (Fsp3) is 0.588. The van der Waals surface area contributed by atoms with Gasteiger partial charge in [-0.1, -0.05) is 37.9 Å². The molecule has 1 aromatic carbocycles. The van der Waals surface area contributed by atoms with Crippen LogP contribution >= 0.6 is 11.6 Å². The summed E-state index contributed by atoms with van der Waals surface area (Å²) in [7, 11) is 1.61. The van der Waals surface area contributed by atoms with Gasteiger partial charge < -0.3 is 10.2 Å². The molecule has 0 spiro atoms. The molecular weight excluding hydrogens is 303 g/mol. The lowest BCUT2D eigenvalue weighted by atomic mass is 9.93. The molecule has 1 unspecified atom stereocenters. The third-order valence-corrected chi connectivity index (χ3v) is 4.93. The molecule has 2 aliphatic rings. The van der Waals surface area contributed by atoms with Crippen LogP contribution in [-0.2, 0) is 4.79 Å². The molecule has 3 atom stereocenters. The molecule has 1 saturated carbocycles. The van der Waals surface area contributed by atoms with Crippen LogP contribution in [0.3, 0.4) is 0 Å². The van der Waals surface area contributed by atoms with Gasteiger partial charge in [-0.25, -0.2) is 4.39 Å². The summed E-state index contributed by atoms with van der Waals surface area (Å²) in [6, 6.07) is 4.54. The van der Waals surface area contributed by atoms with E-state index in [2.05, 4.69) is 5.32 Å². The van der Waals surface area contributed by atoms with Gasteiger partial charge in [-0.3, -0.25) is 4.79 Å². The van der Waals surface area contributed by atoms with Crippen molar-refractivity contribution in [1.82, 2.24) is 5.32 Å². The van der Waals surface area contributed by atoms with Gasteiger partial charge in [0.05, 0.1) is 16.8 Å². The van der Waals surface area contributed by atoms with Crippen molar-refractivity contribution in [2.45, 2.75) is 39.2 Å². The maximum Gasteiger partial charge on any atom is 0.244 e. The lowest BCUT2D eigenvalue weighted by molar-refractivity contribution is -0.121. The molecule has 5 heteroatoms. The molecule has 0 bridgehead atoms. The fourth-order valence-corrected chi connectivity index (χ4v) is 3.71. The summed E-state index contributed by atoms with van der Waals surface area (Å²) in [6.07, 6.45) is 3.46. The third-order valence-electron chi connectivity index (χ3n) is 4.64. The number of amides is 1. The van der Waals surface area contributed by atoms with E-state index < -0.39 is 5.82 Å². The largest absolute Gasteiger partial charge is 0.311 e. The first-order valence-corrected chi connectivity index (χ1v) is 8.42. The Balaban J connectivity index is 0.000000847. The molecule has 3 rings (SSSR count). The van der Waals surface area contributed by atoms with Gasteiger partial charge in [0.2, 0.25) is 5.91 Å². The van der Waals surface area contributed by atoms with E-state index in [1.54, 1.807) is 19.2 Å². The second kappa shape index (κ2) is 7.42. The van der Waals surface area contributed by atoms with E-state index >= 15 is 0 Å². The fourth-order valence-electron chi connectivity index (χ4n) is 3.54. The van der Waals surface area contributed by atoms with Gasteiger partial charge in [-0.15, -0.1) is 0 Å². The topological polar surface area (TPSA) is 32.3 Å². The van der Waals surface area contributed by atoms with E-state index in [1.807, 2.05) is 13.8 Å². The van der Waals surface area contributed by atoms with Crippen molar-refractivity contribution in [3.05, 3.63) is 29.0 Å². The molecule has 1 N–H and O–H groups in total. The first-order valence-electron chi connectivity index (χ1n) is 8.04. The summed E-state index contributed by atoms with van der Waals surface area (Å²) in [6.45, 7) is 4.90. The number of hydrogen-bond donors (Lipinski definition) is 1. The van der Waals surface area contributed by atoms with Crippen molar-refractivity contribution in [1.29, 1.82) is 0 Å². The van der Waals surface area contributed by atoms with Gasteiger partial charge in [0.1, 0.15) is 0 Å². The number of halogens is 2. The lowest BCUT2D eigenvalue weighted by Crippen LogP contribution is -2.45. The molecule has 22 heavy (non-hydrogen) atoms. The second-order valence-corrected chi connectivity index (χ2v) is 6.12. The minimum atomic E-state index is -0.536. The second-order valence-electron chi connectivity index (χ2n) is 5.71. The molecule has 1 aromatic rings.